The monoisotopic (exact) mass is 292 g/mol. The molecule has 0 saturated carbocycles. The quantitative estimate of drug-likeness (QED) is 0.794. The number of hydrogen-bond acceptors (Lipinski definition) is 6. The van der Waals surface area contributed by atoms with Gasteiger partial charge in [0.25, 0.3) is 0 Å². The lowest BCUT2D eigenvalue weighted by Crippen LogP contribution is -2.31. The van der Waals surface area contributed by atoms with Crippen LogP contribution in [0.5, 0.6) is 0 Å². The molecule has 0 aromatic carbocycles. The summed E-state index contributed by atoms with van der Waals surface area (Å²) in [5.41, 5.74) is 1.56. The summed E-state index contributed by atoms with van der Waals surface area (Å²) < 4.78 is 1.45. The van der Waals surface area contributed by atoms with Gasteiger partial charge in [0.05, 0.1) is 6.04 Å². The first-order chi connectivity index (χ1) is 9.91. The van der Waals surface area contributed by atoms with Crippen LogP contribution in [0.3, 0.4) is 0 Å². The number of nitrogens with zero attached hydrogens (tertiary/aromatic N) is 5. The fourth-order valence-corrected chi connectivity index (χ4v) is 2.33. The third kappa shape index (κ3) is 2.96. The third-order valence-corrected chi connectivity index (χ3v) is 3.42. The van der Waals surface area contributed by atoms with Gasteiger partial charge >= 0.3 is 11.7 Å². The van der Waals surface area contributed by atoms with Gasteiger partial charge in [0.15, 0.2) is 5.82 Å². The van der Waals surface area contributed by atoms with Crippen LogP contribution in [0.2, 0.25) is 0 Å². The second kappa shape index (κ2) is 5.81. The molecule has 0 aliphatic rings. The maximum atomic E-state index is 12.1. The highest BCUT2D eigenvalue weighted by atomic mass is 16.4. The van der Waals surface area contributed by atoms with Crippen LogP contribution >= 0.6 is 0 Å². The number of H-pyrrole nitrogens is 1. The lowest BCUT2D eigenvalue weighted by atomic mass is 10.1. The summed E-state index contributed by atoms with van der Waals surface area (Å²) in [5, 5.41) is 22.4. The smallest absolute Gasteiger partial charge is 0.348 e. The van der Waals surface area contributed by atoms with Gasteiger partial charge in [-0.05, 0) is 32.8 Å². The molecule has 9 nitrogen and oxygen atoms in total. The fourth-order valence-electron chi connectivity index (χ4n) is 2.33. The summed E-state index contributed by atoms with van der Waals surface area (Å²) >= 11 is 0. The summed E-state index contributed by atoms with van der Waals surface area (Å²) in [6, 6.07) is -0.437. The Morgan fingerprint density at radius 2 is 2.14 bits per heavy atom. The average molecular weight is 292 g/mol. The number of nitrogens with one attached hydrogen (secondary N) is 1. The van der Waals surface area contributed by atoms with Crippen LogP contribution < -0.4 is 5.69 Å². The Kier molecular flexibility index (Phi) is 4.10. The molecule has 2 aromatic heterocycles. The first-order valence-corrected chi connectivity index (χ1v) is 6.45. The molecule has 0 aliphatic heterocycles. The van der Waals surface area contributed by atoms with Crippen LogP contribution in [0.1, 0.15) is 42.2 Å². The Morgan fingerprint density at radius 1 is 1.43 bits per heavy atom. The maximum Gasteiger partial charge on any atom is 0.348 e. The Balaban J connectivity index is 2.48. The van der Waals surface area contributed by atoms with Crippen molar-refractivity contribution in [1.82, 2.24) is 30.2 Å². The van der Waals surface area contributed by atoms with E-state index in [-0.39, 0.29) is 6.42 Å². The van der Waals surface area contributed by atoms with Gasteiger partial charge < -0.3 is 5.11 Å². The van der Waals surface area contributed by atoms with Crippen LogP contribution in [0, 0.1) is 13.8 Å². The number of hydrogen-bond donors (Lipinski definition) is 2. The molecule has 2 rings (SSSR count). The number of tetrazole rings is 1. The molecule has 0 amide bonds. The molecule has 112 valence electrons. The molecule has 0 aliphatic carbocycles. The van der Waals surface area contributed by atoms with E-state index in [1.807, 2.05) is 0 Å². The number of aliphatic carboxylic acids is 1. The number of carboxylic acids is 1. The minimum Gasteiger partial charge on any atom is -0.481 e. The predicted octanol–water partition coefficient (Wildman–Crippen LogP) is -0.000260. The van der Waals surface area contributed by atoms with E-state index in [2.05, 4.69) is 25.6 Å². The van der Waals surface area contributed by atoms with E-state index in [0.29, 0.717) is 23.6 Å². The van der Waals surface area contributed by atoms with E-state index in [4.69, 9.17) is 5.11 Å². The summed E-state index contributed by atoms with van der Waals surface area (Å²) in [7, 11) is 0. The van der Waals surface area contributed by atoms with Gasteiger partial charge in [-0.25, -0.2) is 4.79 Å². The standard InChI is InChI=1S/C12H16N6O3/c1-6-9(4-5-10(19)20)7(2)18(12(21)13-6)8(3)11-14-16-17-15-11/h8H,4-5H2,1-3H3,(H,19,20)(H,14,15,16,17). The molecule has 0 radical (unpaired) electrons. The molecule has 2 aromatic rings. The molecule has 21 heavy (non-hydrogen) atoms. The molecule has 2 N–H and O–H groups in total. The first-order valence-electron chi connectivity index (χ1n) is 6.45. The van der Waals surface area contributed by atoms with Gasteiger partial charge in [-0.15, -0.1) is 10.2 Å². The maximum absolute atomic E-state index is 12.1. The van der Waals surface area contributed by atoms with Crippen LogP contribution in [-0.4, -0.2) is 41.3 Å². The lowest BCUT2D eigenvalue weighted by Gasteiger charge is -2.18. The highest BCUT2D eigenvalue weighted by molar-refractivity contribution is 5.67. The molecule has 0 fully saturated rings. The highest BCUT2D eigenvalue weighted by Crippen LogP contribution is 2.18. The zero-order valence-corrected chi connectivity index (χ0v) is 12.0. The summed E-state index contributed by atoms with van der Waals surface area (Å²) in [4.78, 5) is 26.9. The van der Waals surface area contributed by atoms with Crippen molar-refractivity contribution in [2.24, 2.45) is 0 Å². The molecule has 9 heteroatoms. The summed E-state index contributed by atoms with van der Waals surface area (Å²) in [5.74, 6) is -0.521. The molecule has 0 spiro atoms. The largest absolute Gasteiger partial charge is 0.481 e. The van der Waals surface area contributed by atoms with Crippen LogP contribution in [0.4, 0.5) is 0 Å². The highest BCUT2D eigenvalue weighted by Gasteiger charge is 2.20. The second-order valence-electron chi connectivity index (χ2n) is 4.75. The Morgan fingerprint density at radius 3 is 2.71 bits per heavy atom. The average Bonchev–Trinajstić information content (AvgIpc) is 2.91. The van der Waals surface area contributed by atoms with Crippen LogP contribution in [0.25, 0.3) is 0 Å². The van der Waals surface area contributed by atoms with E-state index >= 15 is 0 Å². The van der Waals surface area contributed by atoms with Crippen LogP contribution in [-0.2, 0) is 11.2 Å². The Bertz CT molecular complexity index is 707. The van der Waals surface area contributed by atoms with Gasteiger partial charge in [-0.2, -0.15) is 10.2 Å². The minimum absolute atomic E-state index is 0.0157. The Hall–Kier alpha value is -2.58. The zero-order valence-electron chi connectivity index (χ0n) is 12.0. The van der Waals surface area contributed by atoms with Crippen molar-refractivity contribution in [3.63, 3.8) is 0 Å². The zero-order chi connectivity index (χ0) is 15.6. The van der Waals surface area contributed by atoms with E-state index in [1.54, 1.807) is 20.8 Å². The number of aryl methyl sites for hydroxylation is 1. The number of carbonyl (C=O) groups is 1. The summed E-state index contributed by atoms with van der Waals surface area (Å²) in [6.45, 7) is 5.23. The van der Waals surface area contributed by atoms with Gasteiger partial charge in [0.1, 0.15) is 0 Å². The predicted molar refractivity (Wildman–Crippen MR) is 71.9 cm³/mol. The first kappa shape index (κ1) is 14.8. The van der Waals surface area contributed by atoms with Gasteiger partial charge in [-0.3, -0.25) is 9.36 Å². The normalized spacial score (nSPS) is 12.3. The van der Waals surface area contributed by atoms with Crippen molar-refractivity contribution in [2.45, 2.75) is 39.7 Å². The van der Waals surface area contributed by atoms with Gasteiger partial charge in [-0.1, -0.05) is 5.21 Å². The minimum atomic E-state index is -0.891. The topological polar surface area (TPSA) is 127 Å². The van der Waals surface area contributed by atoms with E-state index in [9.17, 15) is 9.59 Å². The van der Waals surface area contributed by atoms with Crippen molar-refractivity contribution >= 4 is 5.97 Å². The van der Waals surface area contributed by atoms with Crippen molar-refractivity contribution in [2.75, 3.05) is 0 Å². The van der Waals surface area contributed by atoms with Crippen molar-refractivity contribution in [3.8, 4) is 0 Å². The number of rotatable bonds is 5. The second-order valence-corrected chi connectivity index (χ2v) is 4.75. The van der Waals surface area contributed by atoms with Crippen molar-refractivity contribution in [3.05, 3.63) is 33.3 Å². The van der Waals surface area contributed by atoms with E-state index < -0.39 is 17.7 Å². The molecule has 1 atom stereocenters. The SMILES string of the molecule is Cc1nc(=O)n(C(C)c2nn[nH]n2)c(C)c1CCC(=O)O. The van der Waals surface area contributed by atoms with Crippen molar-refractivity contribution in [1.29, 1.82) is 0 Å². The Labute approximate surface area is 120 Å². The molecule has 1 unspecified atom stereocenters. The van der Waals surface area contributed by atoms with E-state index in [0.717, 1.165) is 5.56 Å². The molecule has 2 heterocycles. The summed E-state index contributed by atoms with van der Waals surface area (Å²) in [6.07, 6.45) is 0.303. The van der Waals surface area contributed by atoms with Gasteiger partial charge in [0, 0.05) is 17.8 Å². The molecule has 0 bridgehead atoms. The molecular formula is C12H16N6O3. The molecule has 0 saturated heterocycles. The number of carboxylic acid groups (broad SMARTS) is 1. The third-order valence-electron chi connectivity index (χ3n) is 3.42. The van der Waals surface area contributed by atoms with E-state index in [1.165, 1.54) is 4.57 Å². The van der Waals surface area contributed by atoms with Crippen LogP contribution in [0.15, 0.2) is 4.79 Å². The van der Waals surface area contributed by atoms with Gasteiger partial charge in [0.2, 0.25) is 0 Å². The lowest BCUT2D eigenvalue weighted by molar-refractivity contribution is -0.136. The number of aromatic amines is 1. The molecular weight excluding hydrogens is 276 g/mol. The number of aromatic nitrogens is 6. The van der Waals surface area contributed by atoms with Crippen molar-refractivity contribution < 1.29 is 9.90 Å². The fraction of sp³-hybridized carbons (Fsp3) is 0.500.